The number of carbonyl (C=O) groups is 1. The van der Waals surface area contributed by atoms with Crippen LogP contribution in [0.25, 0.3) is 16.4 Å². The number of thioether (sulfide) groups is 1. The van der Waals surface area contributed by atoms with Gasteiger partial charge in [-0.1, -0.05) is 17.8 Å². The molecule has 6 nitrogen and oxygen atoms in total. The summed E-state index contributed by atoms with van der Waals surface area (Å²) in [7, 11) is 0. The molecule has 0 atom stereocenters. The van der Waals surface area contributed by atoms with Gasteiger partial charge >= 0.3 is 5.97 Å². The van der Waals surface area contributed by atoms with Gasteiger partial charge in [0.2, 0.25) is 0 Å². The molecule has 0 aliphatic carbocycles. The summed E-state index contributed by atoms with van der Waals surface area (Å²) in [4.78, 5) is 15.8. The lowest BCUT2D eigenvalue weighted by molar-refractivity contribution is -0.133. The second-order valence-electron chi connectivity index (χ2n) is 4.01. The Morgan fingerprint density at radius 1 is 1.33 bits per heavy atom. The van der Waals surface area contributed by atoms with Gasteiger partial charge in [0.1, 0.15) is 0 Å². The highest BCUT2D eigenvalue weighted by Crippen LogP contribution is 2.29. The first-order chi connectivity index (χ1) is 10.3. The van der Waals surface area contributed by atoms with Crippen molar-refractivity contribution in [2.75, 3.05) is 5.75 Å². The predicted octanol–water partition coefficient (Wildman–Crippen LogP) is 2.57. The summed E-state index contributed by atoms with van der Waals surface area (Å²) in [5, 5.41) is 19.6. The number of pyridine rings is 1. The topological polar surface area (TPSA) is 80.9 Å². The summed E-state index contributed by atoms with van der Waals surface area (Å²) < 4.78 is 1.83. The van der Waals surface area contributed by atoms with Crippen molar-refractivity contribution in [1.82, 2.24) is 19.7 Å². The largest absolute Gasteiger partial charge is 0.481 e. The van der Waals surface area contributed by atoms with Crippen LogP contribution in [-0.2, 0) is 4.79 Å². The molecule has 3 heterocycles. The fourth-order valence-corrected chi connectivity index (χ4v) is 3.14. The van der Waals surface area contributed by atoms with Gasteiger partial charge in [-0.05, 0) is 23.6 Å². The molecule has 0 spiro atoms. The van der Waals surface area contributed by atoms with E-state index in [-0.39, 0.29) is 5.75 Å². The average molecular weight is 318 g/mol. The van der Waals surface area contributed by atoms with Gasteiger partial charge in [-0.15, -0.1) is 21.5 Å². The molecule has 21 heavy (non-hydrogen) atoms. The number of carboxylic acids is 1. The van der Waals surface area contributed by atoms with Crippen molar-refractivity contribution in [3.05, 3.63) is 42.0 Å². The van der Waals surface area contributed by atoms with E-state index in [2.05, 4.69) is 15.2 Å². The van der Waals surface area contributed by atoms with E-state index in [1.165, 1.54) is 0 Å². The first-order valence-electron chi connectivity index (χ1n) is 6.00. The summed E-state index contributed by atoms with van der Waals surface area (Å²) in [6, 6.07) is 7.59. The van der Waals surface area contributed by atoms with E-state index in [4.69, 9.17) is 5.11 Å². The number of hydrogen-bond donors (Lipinski definition) is 1. The number of thiophene rings is 1. The van der Waals surface area contributed by atoms with E-state index < -0.39 is 5.97 Å². The lowest BCUT2D eigenvalue weighted by atomic mass is 10.4. The van der Waals surface area contributed by atoms with Crippen molar-refractivity contribution >= 4 is 29.1 Å². The Kier molecular flexibility index (Phi) is 3.98. The van der Waals surface area contributed by atoms with Gasteiger partial charge in [0, 0.05) is 6.20 Å². The Balaban J connectivity index is 2.08. The highest BCUT2D eigenvalue weighted by molar-refractivity contribution is 7.99. The molecule has 0 fully saturated rings. The lowest BCUT2D eigenvalue weighted by Crippen LogP contribution is -2.03. The van der Waals surface area contributed by atoms with Gasteiger partial charge in [-0.2, -0.15) is 0 Å². The minimum Gasteiger partial charge on any atom is -0.481 e. The molecule has 3 rings (SSSR count). The highest BCUT2D eigenvalue weighted by Gasteiger charge is 2.17. The first kappa shape index (κ1) is 13.8. The fraction of sp³-hybridized carbons (Fsp3) is 0.0769. The van der Waals surface area contributed by atoms with Crippen LogP contribution in [0.1, 0.15) is 0 Å². The van der Waals surface area contributed by atoms with Crippen LogP contribution in [0.3, 0.4) is 0 Å². The molecule has 0 aliphatic rings. The van der Waals surface area contributed by atoms with E-state index in [9.17, 15) is 4.79 Å². The number of aliphatic carboxylic acids is 1. The zero-order valence-electron chi connectivity index (χ0n) is 10.7. The smallest absolute Gasteiger partial charge is 0.313 e. The Bertz CT molecular complexity index is 741. The molecule has 0 amide bonds. The Labute approximate surface area is 128 Å². The van der Waals surface area contributed by atoms with Crippen molar-refractivity contribution < 1.29 is 9.90 Å². The molecule has 0 saturated carbocycles. The quantitative estimate of drug-likeness (QED) is 0.728. The Morgan fingerprint density at radius 3 is 2.90 bits per heavy atom. The fourth-order valence-electron chi connectivity index (χ4n) is 1.77. The second-order valence-corrected chi connectivity index (χ2v) is 5.90. The summed E-state index contributed by atoms with van der Waals surface area (Å²) in [6.45, 7) is 0. The Hall–Kier alpha value is -2.19. The van der Waals surface area contributed by atoms with Gasteiger partial charge in [0.05, 0.1) is 22.5 Å². The van der Waals surface area contributed by atoms with Crippen LogP contribution in [0, 0.1) is 0 Å². The van der Waals surface area contributed by atoms with Crippen molar-refractivity contribution in [3.63, 3.8) is 0 Å². The molecule has 1 N–H and O–H groups in total. The number of nitrogens with zero attached hydrogens (tertiary/aromatic N) is 4. The summed E-state index contributed by atoms with van der Waals surface area (Å²) in [5.41, 5.74) is 0.804. The number of carboxylic acid groups (broad SMARTS) is 1. The van der Waals surface area contributed by atoms with Crippen LogP contribution in [0.4, 0.5) is 0 Å². The maximum Gasteiger partial charge on any atom is 0.313 e. The van der Waals surface area contributed by atoms with Crippen LogP contribution >= 0.6 is 23.1 Å². The third-order valence-electron chi connectivity index (χ3n) is 2.60. The number of aromatic nitrogens is 4. The molecule has 8 heteroatoms. The first-order valence-corrected chi connectivity index (χ1v) is 7.86. The van der Waals surface area contributed by atoms with Crippen LogP contribution < -0.4 is 0 Å². The normalized spacial score (nSPS) is 10.7. The third-order valence-corrected chi connectivity index (χ3v) is 4.38. The van der Waals surface area contributed by atoms with E-state index >= 15 is 0 Å². The zero-order valence-corrected chi connectivity index (χ0v) is 12.3. The van der Waals surface area contributed by atoms with E-state index in [0.29, 0.717) is 11.0 Å². The monoisotopic (exact) mass is 318 g/mol. The summed E-state index contributed by atoms with van der Waals surface area (Å²) in [5.74, 6) is -0.271. The van der Waals surface area contributed by atoms with E-state index in [1.807, 2.05) is 34.2 Å². The van der Waals surface area contributed by atoms with Crippen LogP contribution in [0.15, 0.2) is 47.2 Å². The van der Waals surface area contributed by atoms with Crippen LogP contribution in [0.5, 0.6) is 0 Å². The molecule has 0 saturated heterocycles. The summed E-state index contributed by atoms with van der Waals surface area (Å²) in [6.07, 6.45) is 3.38. The highest BCUT2D eigenvalue weighted by atomic mass is 32.2. The maximum absolute atomic E-state index is 10.8. The van der Waals surface area contributed by atoms with Crippen molar-refractivity contribution in [1.29, 1.82) is 0 Å². The van der Waals surface area contributed by atoms with Gasteiger partial charge < -0.3 is 5.11 Å². The van der Waals surface area contributed by atoms with Crippen molar-refractivity contribution in [3.8, 4) is 16.4 Å². The molecule has 0 aromatic carbocycles. The lowest BCUT2D eigenvalue weighted by Gasteiger charge is -2.07. The van der Waals surface area contributed by atoms with E-state index in [0.717, 1.165) is 22.3 Å². The van der Waals surface area contributed by atoms with Gasteiger partial charge in [0.25, 0.3) is 0 Å². The second kappa shape index (κ2) is 6.06. The minimum absolute atomic E-state index is 0.0666. The van der Waals surface area contributed by atoms with Crippen molar-refractivity contribution in [2.45, 2.75) is 5.16 Å². The van der Waals surface area contributed by atoms with Gasteiger partial charge in [-0.25, -0.2) is 0 Å². The molecule has 0 unspecified atom stereocenters. The molecule has 3 aromatic heterocycles. The standard InChI is InChI=1S/C13H10N4O2S2/c18-11(19)8-21-13-16-15-12(10-4-2-6-20-10)17(13)9-3-1-5-14-7-9/h1-7H,8H2,(H,18,19). The summed E-state index contributed by atoms with van der Waals surface area (Å²) >= 11 is 2.69. The molecular formula is C13H10N4O2S2. The molecule has 0 bridgehead atoms. The third kappa shape index (κ3) is 2.96. The molecule has 3 aromatic rings. The minimum atomic E-state index is -0.890. The van der Waals surface area contributed by atoms with Gasteiger partial charge in [0.15, 0.2) is 11.0 Å². The van der Waals surface area contributed by atoms with Crippen LogP contribution in [0.2, 0.25) is 0 Å². The zero-order chi connectivity index (χ0) is 14.7. The molecule has 106 valence electrons. The van der Waals surface area contributed by atoms with Crippen LogP contribution in [-0.4, -0.2) is 36.6 Å². The number of hydrogen-bond acceptors (Lipinski definition) is 6. The predicted molar refractivity (Wildman–Crippen MR) is 80.8 cm³/mol. The average Bonchev–Trinajstić information content (AvgIpc) is 3.15. The van der Waals surface area contributed by atoms with Crippen molar-refractivity contribution in [2.24, 2.45) is 0 Å². The Morgan fingerprint density at radius 2 is 2.24 bits per heavy atom. The maximum atomic E-state index is 10.8. The number of rotatable bonds is 5. The van der Waals surface area contributed by atoms with E-state index in [1.54, 1.807) is 23.7 Å². The van der Waals surface area contributed by atoms with Gasteiger partial charge in [-0.3, -0.25) is 14.3 Å². The molecular weight excluding hydrogens is 308 g/mol. The SMILES string of the molecule is O=C(O)CSc1nnc(-c2cccs2)n1-c1cccnc1. The molecule has 0 aliphatic heterocycles. The molecule has 0 radical (unpaired) electrons.